The van der Waals surface area contributed by atoms with Crippen molar-refractivity contribution in [2.75, 3.05) is 20.2 Å². The number of aliphatic hydroxyl groups is 1. The maximum Gasteiger partial charge on any atom is 0.498 e. The molecule has 0 saturated carbocycles. The van der Waals surface area contributed by atoms with E-state index in [4.69, 9.17) is 5.11 Å². The standard InChI is InChI=1S/C12H19F3N2O4S2.CH4O/c1-3-5-7-16-10(18)9(23(20,21)12(13,14)15)11(19)17(22-16)8-6-4-2;1-2/h9H,3-8H2,1-2H3;2H,1H3. The molecule has 0 aromatic rings. The van der Waals surface area contributed by atoms with Crippen molar-refractivity contribution in [3.8, 4) is 0 Å². The third kappa shape index (κ3) is 5.74. The van der Waals surface area contributed by atoms with Crippen LogP contribution in [0, 0.1) is 0 Å². The van der Waals surface area contributed by atoms with Crippen molar-refractivity contribution in [2.45, 2.75) is 50.3 Å². The molecule has 0 aromatic carbocycles. The summed E-state index contributed by atoms with van der Waals surface area (Å²) in [5.41, 5.74) is -5.65. The van der Waals surface area contributed by atoms with E-state index in [2.05, 4.69) is 0 Å². The van der Waals surface area contributed by atoms with E-state index in [-0.39, 0.29) is 13.1 Å². The topological polar surface area (TPSA) is 95.0 Å². The molecular weight excluding hydrogens is 385 g/mol. The highest BCUT2D eigenvalue weighted by molar-refractivity contribution is 7.98. The number of amides is 2. The van der Waals surface area contributed by atoms with E-state index in [0.717, 1.165) is 15.7 Å². The molecule has 0 aliphatic carbocycles. The van der Waals surface area contributed by atoms with E-state index in [1.54, 1.807) is 0 Å². The summed E-state index contributed by atoms with van der Waals surface area (Å²) in [4.78, 5) is 24.3. The normalized spacial score (nSPS) is 16.8. The minimum absolute atomic E-state index is 0.0831. The second-order valence-corrected chi connectivity index (χ2v) is 8.11. The maximum absolute atomic E-state index is 12.8. The monoisotopic (exact) mass is 408 g/mol. The van der Waals surface area contributed by atoms with Gasteiger partial charge in [0.1, 0.15) is 0 Å². The summed E-state index contributed by atoms with van der Waals surface area (Å²) in [5, 5.41) is 4.26. The predicted octanol–water partition coefficient (Wildman–Crippen LogP) is 1.73. The molecule has 0 atom stereocenters. The summed E-state index contributed by atoms with van der Waals surface area (Å²) in [6, 6.07) is 0. The summed E-state index contributed by atoms with van der Waals surface area (Å²) in [6.45, 7) is 3.81. The van der Waals surface area contributed by atoms with Gasteiger partial charge in [0.15, 0.2) is 0 Å². The molecule has 1 N–H and O–H groups in total. The van der Waals surface area contributed by atoms with Crippen LogP contribution >= 0.6 is 12.1 Å². The SMILES string of the molecule is CCCCN1SN(CCCC)C(=O)C(S(=O)(=O)C(F)(F)F)C1=O.CO. The van der Waals surface area contributed by atoms with Crippen LogP contribution in [0.25, 0.3) is 0 Å². The molecule has 1 rings (SSSR count). The number of carbonyl (C=O) groups excluding carboxylic acids is 2. The van der Waals surface area contributed by atoms with Gasteiger partial charge in [-0.15, -0.1) is 0 Å². The molecule has 12 heteroatoms. The number of halogens is 3. The van der Waals surface area contributed by atoms with Crippen molar-refractivity contribution >= 4 is 33.8 Å². The summed E-state index contributed by atoms with van der Waals surface area (Å²) < 4.78 is 63.5. The Bertz CT molecular complexity index is 528. The number of alkyl halides is 3. The molecular formula is C13H23F3N2O5S2. The molecule has 148 valence electrons. The molecule has 0 aromatic heterocycles. The number of hydrogen-bond donors (Lipinski definition) is 1. The smallest absolute Gasteiger partial charge is 0.400 e. The number of nitrogens with zero attached hydrogens (tertiary/aromatic N) is 2. The Morgan fingerprint density at radius 1 is 1.00 bits per heavy atom. The Morgan fingerprint density at radius 3 is 1.64 bits per heavy atom. The quantitative estimate of drug-likeness (QED) is 0.509. The largest absolute Gasteiger partial charge is 0.498 e. The van der Waals surface area contributed by atoms with Crippen molar-refractivity contribution in [3.05, 3.63) is 0 Å². The van der Waals surface area contributed by atoms with Gasteiger partial charge in [0.2, 0.25) is 5.25 Å². The molecule has 0 radical (unpaired) electrons. The first-order chi connectivity index (χ1) is 11.6. The molecule has 1 aliphatic heterocycles. The van der Waals surface area contributed by atoms with Crippen LogP contribution in [0.15, 0.2) is 0 Å². The second kappa shape index (κ2) is 10.2. The Morgan fingerprint density at radius 2 is 1.36 bits per heavy atom. The second-order valence-electron chi connectivity index (χ2n) is 5.04. The molecule has 0 unspecified atom stereocenters. The van der Waals surface area contributed by atoms with Crippen LogP contribution in [0.2, 0.25) is 0 Å². The number of carbonyl (C=O) groups is 2. The molecule has 25 heavy (non-hydrogen) atoms. The zero-order valence-electron chi connectivity index (χ0n) is 14.2. The Labute approximate surface area is 149 Å². The fourth-order valence-corrected chi connectivity index (χ4v) is 4.09. The Kier molecular flexibility index (Phi) is 9.80. The van der Waals surface area contributed by atoms with Crippen LogP contribution in [-0.4, -0.2) is 64.9 Å². The first-order valence-corrected chi connectivity index (χ1v) is 9.91. The third-order valence-corrected chi connectivity index (χ3v) is 5.99. The molecule has 1 aliphatic rings. The number of rotatable bonds is 7. The number of unbranched alkanes of at least 4 members (excludes halogenated alkanes) is 2. The number of sulfone groups is 1. The van der Waals surface area contributed by atoms with Crippen molar-refractivity contribution in [1.29, 1.82) is 0 Å². The molecule has 0 spiro atoms. The van der Waals surface area contributed by atoms with Crippen LogP contribution in [0.4, 0.5) is 13.2 Å². The van der Waals surface area contributed by atoms with Crippen LogP contribution in [-0.2, 0) is 19.4 Å². The van der Waals surface area contributed by atoms with E-state index in [1.165, 1.54) is 0 Å². The third-order valence-electron chi connectivity index (χ3n) is 3.20. The lowest BCUT2D eigenvalue weighted by Gasteiger charge is -2.37. The van der Waals surface area contributed by atoms with Gasteiger partial charge >= 0.3 is 5.51 Å². The highest BCUT2D eigenvalue weighted by Crippen LogP contribution is 2.35. The van der Waals surface area contributed by atoms with Crippen LogP contribution < -0.4 is 0 Å². The van der Waals surface area contributed by atoms with E-state index in [1.807, 2.05) is 13.8 Å². The minimum Gasteiger partial charge on any atom is -0.400 e. The van der Waals surface area contributed by atoms with Gasteiger partial charge in [-0.3, -0.25) is 18.2 Å². The predicted molar refractivity (Wildman–Crippen MR) is 87.7 cm³/mol. The van der Waals surface area contributed by atoms with Crippen LogP contribution in [0.1, 0.15) is 39.5 Å². The van der Waals surface area contributed by atoms with Crippen molar-refractivity contribution < 1.29 is 36.3 Å². The summed E-state index contributed by atoms with van der Waals surface area (Å²) in [7, 11) is -4.91. The van der Waals surface area contributed by atoms with Gasteiger partial charge in [-0.1, -0.05) is 26.7 Å². The van der Waals surface area contributed by atoms with E-state index < -0.39 is 32.4 Å². The number of hydrogen-bond acceptors (Lipinski definition) is 6. The van der Waals surface area contributed by atoms with Gasteiger partial charge < -0.3 is 5.11 Å². The molecule has 1 fully saturated rings. The average molecular weight is 408 g/mol. The summed E-state index contributed by atoms with van der Waals surface area (Å²) in [6.07, 6.45) is 2.33. The lowest BCUT2D eigenvalue weighted by atomic mass is 10.3. The Balaban J connectivity index is 0.00000277. The van der Waals surface area contributed by atoms with Crippen molar-refractivity contribution in [1.82, 2.24) is 8.61 Å². The molecule has 1 heterocycles. The summed E-state index contributed by atoms with van der Waals surface area (Å²) in [5.74, 6) is -2.64. The van der Waals surface area contributed by atoms with Crippen molar-refractivity contribution in [2.24, 2.45) is 0 Å². The molecule has 0 bridgehead atoms. The van der Waals surface area contributed by atoms with Gasteiger partial charge in [-0.25, -0.2) is 8.42 Å². The van der Waals surface area contributed by atoms with E-state index >= 15 is 0 Å². The fraction of sp³-hybridized carbons (Fsp3) is 0.846. The zero-order valence-corrected chi connectivity index (χ0v) is 15.9. The molecule has 2 amide bonds. The van der Waals surface area contributed by atoms with Crippen LogP contribution in [0.3, 0.4) is 0 Å². The van der Waals surface area contributed by atoms with Crippen molar-refractivity contribution in [3.63, 3.8) is 0 Å². The lowest BCUT2D eigenvalue weighted by Crippen LogP contribution is -2.58. The number of aliphatic hydroxyl groups excluding tert-OH is 1. The first kappa shape index (κ1) is 24.0. The average Bonchev–Trinajstić information content (AvgIpc) is 2.54. The first-order valence-electron chi connectivity index (χ1n) is 7.63. The Hall–Kier alpha value is -1.01. The molecule has 1 saturated heterocycles. The minimum atomic E-state index is -5.91. The van der Waals surface area contributed by atoms with Gasteiger partial charge in [-0.05, 0) is 12.8 Å². The van der Waals surface area contributed by atoms with Gasteiger partial charge in [0.25, 0.3) is 21.7 Å². The fourth-order valence-electron chi connectivity index (χ4n) is 1.87. The van der Waals surface area contributed by atoms with E-state index in [0.29, 0.717) is 37.8 Å². The maximum atomic E-state index is 12.8. The van der Waals surface area contributed by atoms with Crippen LogP contribution in [0.5, 0.6) is 0 Å². The zero-order chi connectivity index (χ0) is 19.8. The van der Waals surface area contributed by atoms with Gasteiger partial charge in [0, 0.05) is 20.2 Å². The highest BCUT2D eigenvalue weighted by atomic mass is 32.2. The lowest BCUT2D eigenvalue weighted by molar-refractivity contribution is -0.137. The summed E-state index contributed by atoms with van der Waals surface area (Å²) >= 11 is 0.694. The van der Waals surface area contributed by atoms with E-state index in [9.17, 15) is 31.2 Å². The highest BCUT2D eigenvalue weighted by Gasteiger charge is 2.60. The molecule has 7 nitrogen and oxygen atoms in total. The van der Waals surface area contributed by atoms with Gasteiger partial charge in [-0.2, -0.15) is 13.2 Å². The van der Waals surface area contributed by atoms with Gasteiger partial charge in [0.05, 0.1) is 12.1 Å².